The minimum Gasteiger partial charge on any atom is -0.492 e. The van der Waals surface area contributed by atoms with Crippen LogP contribution >= 0.6 is 0 Å². The molecule has 0 saturated carbocycles. The van der Waals surface area contributed by atoms with Crippen molar-refractivity contribution in [2.45, 2.75) is 39.2 Å². The van der Waals surface area contributed by atoms with E-state index in [1.807, 2.05) is 19.1 Å². The lowest BCUT2D eigenvalue weighted by atomic mass is 9.95. The van der Waals surface area contributed by atoms with E-state index in [1.165, 1.54) is 0 Å². The number of halogens is 1. The van der Waals surface area contributed by atoms with Gasteiger partial charge in [-0.2, -0.15) is 4.98 Å². The molecule has 0 bridgehead atoms. The Labute approximate surface area is 171 Å². The Kier molecular flexibility index (Phi) is 5.41. The first-order valence-electron chi connectivity index (χ1n) is 10.1. The van der Waals surface area contributed by atoms with E-state index >= 15 is 4.39 Å². The van der Waals surface area contributed by atoms with Gasteiger partial charge in [-0.3, -0.25) is 0 Å². The molecule has 0 fully saturated rings. The molecule has 0 amide bonds. The summed E-state index contributed by atoms with van der Waals surface area (Å²) in [5.41, 5.74) is 3.83. The van der Waals surface area contributed by atoms with E-state index in [0.29, 0.717) is 41.4 Å². The Bertz CT molecular complexity index is 959. The van der Waals surface area contributed by atoms with Crippen LogP contribution in [0.1, 0.15) is 36.6 Å². The maximum atomic E-state index is 15.7. The van der Waals surface area contributed by atoms with Crippen molar-refractivity contribution < 1.29 is 9.13 Å². The molecule has 1 atom stereocenters. The molecule has 2 N–H and O–H groups in total. The highest BCUT2D eigenvalue weighted by Gasteiger charge is 2.27. The standard InChI is InChI=1S/C22H28FN5O/c1-13-11-18(24-3)27-22(25-13)26-17-12-16-8-10-29-21(16)19(20(17)23)15-6-5-14(2)28(4)9-7-15/h7,11-12,14H,5-6,8-10H2,1-4H3,(H2,24,25,26,27)/t14-/m1/s1. The van der Waals surface area contributed by atoms with Crippen LogP contribution in [0.2, 0.25) is 0 Å². The summed E-state index contributed by atoms with van der Waals surface area (Å²) in [6, 6.07) is 4.14. The van der Waals surface area contributed by atoms with Crippen LogP contribution in [0.25, 0.3) is 5.57 Å². The average molecular weight is 397 g/mol. The van der Waals surface area contributed by atoms with Crippen molar-refractivity contribution in [3.63, 3.8) is 0 Å². The number of benzene rings is 1. The van der Waals surface area contributed by atoms with Gasteiger partial charge in [0.25, 0.3) is 0 Å². The molecule has 2 aliphatic rings. The fourth-order valence-electron chi connectivity index (χ4n) is 3.91. The van der Waals surface area contributed by atoms with E-state index in [1.54, 1.807) is 7.05 Å². The second-order valence-electron chi connectivity index (χ2n) is 7.85. The SMILES string of the molecule is CNc1cc(C)nc(Nc2cc3c(c(C4=CCN(C)[C@H](C)CC4)c2F)OCC3)n1. The van der Waals surface area contributed by atoms with Crippen molar-refractivity contribution >= 4 is 23.0 Å². The fourth-order valence-corrected chi connectivity index (χ4v) is 3.91. The van der Waals surface area contributed by atoms with Gasteiger partial charge in [-0.05, 0) is 45.4 Å². The normalized spacial score (nSPS) is 19.2. The number of aromatic nitrogens is 2. The first kappa shape index (κ1) is 19.6. The summed E-state index contributed by atoms with van der Waals surface area (Å²) in [5, 5.41) is 6.11. The van der Waals surface area contributed by atoms with Crippen molar-refractivity contribution in [2.24, 2.45) is 0 Å². The van der Waals surface area contributed by atoms with E-state index in [4.69, 9.17) is 4.74 Å². The fraction of sp³-hybridized carbons (Fsp3) is 0.455. The summed E-state index contributed by atoms with van der Waals surface area (Å²) in [7, 11) is 3.90. The molecule has 0 aliphatic carbocycles. The number of anilines is 3. The number of aryl methyl sites for hydroxylation is 1. The van der Waals surface area contributed by atoms with Crippen LogP contribution in [-0.2, 0) is 6.42 Å². The summed E-state index contributed by atoms with van der Waals surface area (Å²) >= 11 is 0. The number of allylic oxidation sites excluding steroid dienone is 1. The predicted molar refractivity (Wildman–Crippen MR) is 115 cm³/mol. The molecule has 1 aromatic heterocycles. The quantitative estimate of drug-likeness (QED) is 0.809. The second kappa shape index (κ2) is 7.99. The third-order valence-electron chi connectivity index (χ3n) is 5.80. The second-order valence-corrected chi connectivity index (χ2v) is 7.85. The molecular formula is C22H28FN5O. The first-order chi connectivity index (χ1) is 14.0. The predicted octanol–water partition coefficient (Wildman–Crippen LogP) is 4.14. The number of fused-ring (bicyclic) bond motifs is 1. The lowest BCUT2D eigenvalue weighted by Crippen LogP contribution is -2.27. The molecule has 0 radical (unpaired) electrons. The van der Waals surface area contributed by atoms with Gasteiger partial charge in [0.2, 0.25) is 5.95 Å². The van der Waals surface area contributed by atoms with Crippen molar-refractivity contribution in [3.8, 4) is 5.75 Å². The Hall–Kier alpha value is -2.67. The Morgan fingerprint density at radius 1 is 1.24 bits per heavy atom. The number of ether oxygens (including phenoxy) is 1. The topological polar surface area (TPSA) is 62.3 Å². The zero-order valence-electron chi connectivity index (χ0n) is 17.5. The molecule has 2 aromatic rings. The van der Waals surface area contributed by atoms with E-state index in [0.717, 1.165) is 42.6 Å². The monoisotopic (exact) mass is 397 g/mol. The van der Waals surface area contributed by atoms with Gasteiger partial charge < -0.3 is 20.3 Å². The molecule has 3 heterocycles. The lowest BCUT2D eigenvalue weighted by molar-refractivity contribution is 0.279. The highest BCUT2D eigenvalue weighted by molar-refractivity contribution is 5.78. The molecule has 4 rings (SSSR count). The summed E-state index contributed by atoms with van der Waals surface area (Å²) in [4.78, 5) is 11.1. The molecule has 154 valence electrons. The van der Waals surface area contributed by atoms with Crippen molar-refractivity contribution in [1.82, 2.24) is 14.9 Å². The largest absolute Gasteiger partial charge is 0.492 e. The number of likely N-dealkylation sites (N-methyl/N-ethyl adjacent to an activating group) is 1. The van der Waals surface area contributed by atoms with Gasteiger partial charge in [0, 0.05) is 43.4 Å². The minimum absolute atomic E-state index is 0.301. The minimum atomic E-state index is -0.301. The smallest absolute Gasteiger partial charge is 0.229 e. The van der Waals surface area contributed by atoms with Crippen LogP contribution in [0.15, 0.2) is 18.2 Å². The first-order valence-corrected chi connectivity index (χ1v) is 10.1. The maximum absolute atomic E-state index is 15.7. The van der Waals surface area contributed by atoms with Gasteiger partial charge >= 0.3 is 0 Å². The van der Waals surface area contributed by atoms with Gasteiger partial charge in [0.1, 0.15) is 11.6 Å². The number of hydrogen-bond donors (Lipinski definition) is 2. The van der Waals surface area contributed by atoms with Crippen LogP contribution < -0.4 is 15.4 Å². The highest BCUT2D eigenvalue weighted by Crippen LogP contribution is 2.42. The molecule has 0 saturated heterocycles. The van der Waals surface area contributed by atoms with Gasteiger partial charge in [-0.15, -0.1) is 0 Å². The average Bonchev–Trinajstić information content (AvgIpc) is 3.09. The summed E-state index contributed by atoms with van der Waals surface area (Å²) in [5.74, 6) is 1.46. The maximum Gasteiger partial charge on any atom is 0.229 e. The van der Waals surface area contributed by atoms with Gasteiger partial charge in [-0.1, -0.05) is 6.08 Å². The Morgan fingerprint density at radius 3 is 2.86 bits per heavy atom. The third kappa shape index (κ3) is 3.92. The Balaban J connectivity index is 1.76. The number of nitrogens with one attached hydrogen (secondary N) is 2. The van der Waals surface area contributed by atoms with E-state index in [2.05, 4.69) is 45.5 Å². The van der Waals surface area contributed by atoms with Crippen LogP contribution in [-0.4, -0.2) is 48.2 Å². The van der Waals surface area contributed by atoms with Crippen molar-refractivity contribution in [1.29, 1.82) is 0 Å². The molecular weight excluding hydrogens is 369 g/mol. The molecule has 1 aromatic carbocycles. The zero-order chi connectivity index (χ0) is 20.5. The number of hydrogen-bond acceptors (Lipinski definition) is 6. The van der Waals surface area contributed by atoms with Crippen LogP contribution in [0, 0.1) is 12.7 Å². The van der Waals surface area contributed by atoms with Crippen LogP contribution in [0.5, 0.6) is 5.75 Å². The summed E-state index contributed by atoms with van der Waals surface area (Å²) in [6.07, 6.45) is 4.72. The molecule has 29 heavy (non-hydrogen) atoms. The summed E-state index contributed by atoms with van der Waals surface area (Å²) in [6.45, 7) is 5.48. The molecule has 6 nitrogen and oxygen atoms in total. The molecule has 0 unspecified atom stereocenters. The van der Waals surface area contributed by atoms with E-state index < -0.39 is 0 Å². The third-order valence-corrected chi connectivity index (χ3v) is 5.80. The van der Waals surface area contributed by atoms with Crippen LogP contribution in [0.3, 0.4) is 0 Å². The van der Waals surface area contributed by atoms with Crippen LogP contribution in [0.4, 0.5) is 21.8 Å². The molecule has 7 heteroatoms. The summed E-state index contributed by atoms with van der Waals surface area (Å²) < 4.78 is 21.6. The Morgan fingerprint density at radius 2 is 2.07 bits per heavy atom. The molecule has 2 aliphatic heterocycles. The number of nitrogens with zero attached hydrogens (tertiary/aromatic N) is 3. The van der Waals surface area contributed by atoms with Gasteiger partial charge in [0.05, 0.1) is 17.9 Å². The van der Waals surface area contributed by atoms with Gasteiger partial charge in [-0.25, -0.2) is 9.37 Å². The number of rotatable bonds is 4. The van der Waals surface area contributed by atoms with E-state index in [-0.39, 0.29) is 5.82 Å². The van der Waals surface area contributed by atoms with Crippen molar-refractivity contribution in [3.05, 3.63) is 40.8 Å². The molecule has 0 spiro atoms. The van der Waals surface area contributed by atoms with Gasteiger partial charge in [0.15, 0.2) is 5.82 Å². The lowest BCUT2D eigenvalue weighted by Gasteiger charge is -2.20. The van der Waals surface area contributed by atoms with E-state index in [9.17, 15) is 0 Å². The zero-order valence-corrected chi connectivity index (χ0v) is 17.5. The van der Waals surface area contributed by atoms with Crippen molar-refractivity contribution in [2.75, 3.05) is 37.9 Å². The highest BCUT2D eigenvalue weighted by atomic mass is 19.1.